The summed E-state index contributed by atoms with van der Waals surface area (Å²) in [5.74, 6) is 0.0726. The molecule has 1 saturated heterocycles. The first kappa shape index (κ1) is 15.0. The van der Waals surface area contributed by atoms with Gasteiger partial charge in [-0.1, -0.05) is 25.0 Å². The Morgan fingerprint density at radius 2 is 1.60 bits per heavy atom. The summed E-state index contributed by atoms with van der Waals surface area (Å²) in [5.41, 5.74) is 1.36. The van der Waals surface area contributed by atoms with Crippen molar-refractivity contribution in [2.24, 2.45) is 0 Å². The molecule has 0 atom stereocenters. The van der Waals surface area contributed by atoms with Crippen LogP contribution in [0.1, 0.15) is 41.6 Å². The van der Waals surface area contributed by atoms with Gasteiger partial charge in [0.1, 0.15) is 0 Å². The molecular weight excluding hydrogens is 274 g/mol. The van der Waals surface area contributed by atoms with E-state index in [-0.39, 0.29) is 11.7 Å². The number of amides is 1. The van der Waals surface area contributed by atoms with Crippen LogP contribution >= 0.6 is 0 Å². The van der Waals surface area contributed by atoms with Gasteiger partial charge >= 0.3 is 0 Å². The predicted octanol–water partition coefficient (Wildman–Crippen LogP) is 2.25. The molecule has 110 valence electrons. The molecule has 1 heterocycles. The Hall–Kier alpha value is -1.36. The molecule has 20 heavy (non-hydrogen) atoms. The highest BCUT2D eigenvalue weighted by Gasteiger charge is 2.17. The highest BCUT2D eigenvalue weighted by atomic mass is 32.2. The maximum atomic E-state index is 12.4. The van der Waals surface area contributed by atoms with Gasteiger partial charge in [0.15, 0.2) is 9.84 Å². The number of likely N-dealkylation sites (tertiary alicyclic amines) is 1. The SMILES string of the molecule is CS(=O)(=O)Cc1ccc(C(=O)N2CCCCCC2)cc1. The molecule has 0 saturated carbocycles. The molecule has 5 heteroatoms. The monoisotopic (exact) mass is 295 g/mol. The van der Waals surface area contributed by atoms with Gasteiger partial charge in [0.05, 0.1) is 5.75 Å². The lowest BCUT2D eigenvalue weighted by molar-refractivity contribution is 0.0761. The van der Waals surface area contributed by atoms with Crippen molar-refractivity contribution in [1.29, 1.82) is 0 Å². The van der Waals surface area contributed by atoms with Crippen LogP contribution in [0.15, 0.2) is 24.3 Å². The normalized spacial score (nSPS) is 16.8. The van der Waals surface area contributed by atoms with E-state index in [0.717, 1.165) is 31.5 Å². The lowest BCUT2D eigenvalue weighted by Crippen LogP contribution is -2.31. The second kappa shape index (κ2) is 6.39. The quantitative estimate of drug-likeness (QED) is 0.859. The largest absolute Gasteiger partial charge is 0.339 e. The van der Waals surface area contributed by atoms with Crippen molar-refractivity contribution in [1.82, 2.24) is 4.90 Å². The van der Waals surface area contributed by atoms with Gasteiger partial charge in [-0.2, -0.15) is 0 Å². The first-order chi connectivity index (χ1) is 9.46. The average molecular weight is 295 g/mol. The molecule has 1 aliphatic heterocycles. The zero-order valence-corrected chi connectivity index (χ0v) is 12.7. The number of hydrogen-bond acceptors (Lipinski definition) is 3. The van der Waals surface area contributed by atoms with Gasteiger partial charge in [-0.3, -0.25) is 4.79 Å². The number of sulfone groups is 1. The van der Waals surface area contributed by atoms with Crippen LogP contribution in [0.5, 0.6) is 0 Å². The van der Waals surface area contributed by atoms with Crippen molar-refractivity contribution >= 4 is 15.7 Å². The van der Waals surface area contributed by atoms with Crippen molar-refractivity contribution in [2.45, 2.75) is 31.4 Å². The van der Waals surface area contributed by atoms with Crippen LogP contribution in [0.4, 0.5) is 0 Å². The number of hydrogen-bond donors (Lipinski definition) is 0. The van der Waals surface area contributed by atoms with Crippen LogP contribution < -0.4 is 0 Å². The van der Waals surface area contributed by atoms with Crippen LogP contribution in [0.2, 0.25) is 0 Å². The maximum Gasteiger partial charge on any atom is 0.253 e. The minimum absolute atomic E-state index is 0.0190. The Morgan fingerprint density at radius 3 is 2.10 bits per heavy atom. The zero-order chi connectivity index (χ0) is 14.6. The molecule has 0 radical (unpaired) electrons. The van der Waals surface area contributed by atoms with Crippen LogP contribution in [0.3, 0.4) is 0 Å². The van der Waals surface area contributed by atoms with E-state index >= 15 is 0 Å². The molecule has 0 bridgehead atoms. The number of carbonyl (C=O) groups is 1. The lowest BCUT2D eigenvalue weighted by atomic mass is 10.1. The molecule has 1 amide bonds. The lowest BCUT2D eigenvalue weighted by Gasteiger charge is -2.20. The zero-order valence-electron chi connectivity index (χ0n) is 11.8. The number of benzene rings is 1. The summed E-state index contributed by atoms with van der Waals surface area (Å²) in [6, 6.07) is 6.92. The highest BCUT2D eigenvalue weighted by molar-refractivity contribution is 7.89. The Labute approximate surface area is 120 Å². The fraction of sp³-hybridized carbons (Fsp3) is 0.533. The standard InChI is InChI=1S/C15H21NO3S/c1-20(18,19)12-13-6-8-14(9-7-13)15(17)16-10-4-2-3-5-11-16/h6-9H,2-5,10-12H2,1H3. The Morgan fingerprint density at radius 1 is 1.05 bits per heavy atom. The molecule has 0 spiro atoms. The molecule has 1 aromatic rings. The summed E-state index contributed by atoms with van der Waals surface area (Å²) in [4.78, 5) is 14.3. The Bertz CT molecular complexity index is 555. The fourth-order valence-corrected chi connectivity index (χ4v) is 3.30. The summed E-state index contributed by atoms with van der Waals surface area (Å²) in [6.45, 7) is 1.65. The minimum atomic E-state index is -3.03. The molecule has 0 N–H and O–H groups in total. The van der Waals surface area contributed by atoms with Gasteiger partial charge in [-0.05, 0) is 30.5 Å². The van der Waals surface area contributed by atoms with Gasteiger partial charge in [0, 0.05) is 24.9 Å². The molecular formula is C15H21NO3S. The van der Waals surface area contributed by atoms with E-state index in [4.69, 9.17) is 0 Å². The molecule has 0 aromatic heterocycles. The number of rotatable bonds is 3. The minimum Gasteiger partial charge on any atom is -0.339 e. The van der Waals surface area contributed by atoms with E-state index in [1.807, 2.05) is 4.90 Å². The Kier molecular flexibility index (Phi) is 4.81. The third-order valence-electron chi connectivity index (χ3n) is 3.52. The molecule has 4 nitrogen and oxygen atoms in total. The van der Waals surface area contributed by atoms with E-state index in [9.17, 15) is 13.2 Å². The average Bonchev–Trinajstić information content (AvgIpc) is 2.66. The maximum absolute atomic E-state index is 12.4. The second-order valence-electron chi connectivity index (χ2n) is 5.47. The van der Waals surface area contributed by atoms with Crippen molar-refractivity contribution in [3.8, 4) is 0 Å². The van der Waals surface area contributed by atoms with Crippen LogP contribution in [-0.2, 0) is 15.6 Å². The van der Waals surface area contributed by atoms with E-state index in [0.29, 0.717) is 5.56 Å². The smallest absolute Gasteiger partial charge is 0.253 e. The third-order valence-corrected chi connectivity index (χ3v) is 4.38. The van der Waals surface area contributed by atoms with Crippen LogP contribution in [0.25, 0.3) is 0 Å². The summed E-state index contributed by atoms with van der Waals surface area (Å²) in [5, 5.41) is 0. The Balaban J connectivity index is 2.07. The van der Waals surface area contributed by atoms with E-state index in [1.165, 1.54) is 19.1 Å². The summed E-state index contributed by atoms with van der Waals surface area (Å²) >= 11 is 0. The topological polar surface area (TPSA) is 54.5 Å². The number of carbonyl (C=O) groups excluding carboxylic acids is 1. The predicted molar refractivity (Wildman–Crippen MR) is 79.4 cm³/mol. The summed E-state index contributed by atoms with van der Waals surface area (Å²) < 4.78 is 22.5. The van der Waals surface area contributed by atoms with Gasteiger partial charge < -0.3 is 4.90 Å². The van der Waals surface area contributed by atoms with Gasteiger partial charge in [-0.25, -0.2) is 8.42 Å². The molecule has 1 fully saturated rings. The molecule has 0 unspecified atom stereocenters. The van der Waals surface area contributed by atoms with Gasteiger partial charge in [-0.15, -0.1) is 0 Å². The van der Waals surface area contributed by atoms with E-state index in [2.05, 4.69) is 0 Å². The van der Waals surface area contributed by atoms with Crippen molar-refractivity contribution in [3.63, 3.8) is 0 Å². The number of nitrogens with zero attached hydrogens (tertiary/aromatic N) is 1. The molecule has 0 aliphatic carbocycles. The van der Waals surface area contributed by atoms with Gasteiger partial charge in [0.2, 0.25) is 0 Å². The van der Waals surface area contributed by atoms with Gasteiger partial charge in [0.25, 0.3) is 5.91 Å². The fourth-order valence-electron chi connectivity index (χ4n) is 2.50. The van der Waals surface area contributed by atoms with Crippen LogP contribution in [-0.4, -0.2) is 38.6 Å². The highest BCUT2D eigenvalue weighted by Crippen LogP contribution is 2.14. The van der Waals surface area contributed by atoms with Crippen molar-refractivity contribution < 1.29 is 13.2 Å². The van der Waals surface area contributed by atoms with Crippen molar-refractivity contribution in [2.75, 3.05) is 19.3 Å². The second-order valence-corrected chi connectivity index (χ2v) is 7.61. The van der Waals surface area contributed by atoms with Crippen LogP contribution in [0, 0.1) is 0 Å². The van der Waals surface area contributed by atoms with Crippen molar-refractivity contribution in [3.05, 3.63) is 35.4 Å². The molecule has 2 rings (SSSR count). The first-order valence-corrected chi connectivity index (χ1v) is 9.08. The first-order valence-electron chi connectivity index (χ1n) is 7.02. The van der Waals surface area contributed by atoms with E-state index < -0.39 is 9.84 Å². The molecule has 1 aromatic carbocycles. The summed E-state index contributed by atoms with van der Waals surface area (Å²) in [7, 11) is -3.03. The summed E-state index contributed by atoms with van der Waals surface area (Å²) in [6.07, 6.45) is 5.73. The molecule has 1 aliphatic rings. The van der Waals surface area contributed by atoms with E-state index in [1.54, 1.807) is 24.3 Å². The third kappa shape index (κ3) is 4.34.